The van der Waals surface area contributed by atoms with E-state index in [1.54, 1.807) is 14.2 Å². The molecule has 1 aliphatic carbocycles. The van der Waals surface area contributed by atoms with E-state index < -0.39 is 6.10 Å². The fourth-order valence-electron chi connectivity index (χ4n) is 3.48. The lowest BCUT2D eigenvalue weighted by molar-refractivity contribution is 0.0567. The topological polar surface area (TPSA) is 80.9 Å². The van der Waals surface area contributed by atoms with Gasteiger partial charge < -0.3 is 19.1 Å². The monoisotopic (exact) mass is 345 g/mol. The Bertz CT molecular complexity index is 772. The molecule has 1 aromatic heterocycles. The molecule has 2 aromatic rings. The number of methoxy groups -OCH3 is 2. The molecule has 0 saturated heterocycles. The second kappa shape index (κ2) is 6.31. The summed E-state index contributed by atoms with van der Waals surface area (Å²) in [6, 6.07) is 3.62. The van der Waals surface area contributed by atoms with Crippen molar-refractivity contribution in [1.82, 2.24) is 15.0 Å². The predicted octanol–water partition coefficient (Wildman–Crippen LogP) is 2.57. The van der Waals surface area contributed by atoms with Crippen LogP contribution in [-0.2, 0) is 6.54 Å². The number of aliphatic hydroxyl groups is 1. The lowest BCUT2D eigenvalue weighted by Gasteiger charge is -2.36. The van der Waals surface area contributed by atoms with E-state index in [1.807, 2.05) is 19.1 Å². The van der Waals surface area contributed by atoms with Crippen molar-refractivity contribution in [1.29, 1.82) is 0 Å². The van der Waals surface area contributed by atoms with Crippen LogP contribution in [0.3, 0.4) is 0 Å². The summed E-state index contributed by atoms with van der Waals surface area (Å²) >= 11 is 0. The van der Waals surface area contributed by atoms with Gasteiger partial charge in [0.25, 0.3) is 0 Å². The Morgan fingerprint density at radius 3 is 2.64 bits per heavy atom. The van der Waals surface area contributed by atoms with Gasteiger partial charge in [-0.05, 0) is 31.9 Å². The average Bonchev–Trinajstić information content (AvgIpc) is 3.37. The Morgan fingerprint density at radius 1 is 1.24 bits per heavy atom. The van der Waals surface area contributed by atoms with Gasteiger partial charge in [0.2, 0.25) is 5.89 Å². The number of aliphatic hydroxyl groups excluding tert-OH is 1. The number of fused-ring (bicyclic) bond motifs is 1. The van der Waals surface area contributed by atoms with Crippen molar-refractivity contribution in [3.05, 3.63) is 35.0 Å². The first-order valence-corrected chi connectivity index (χ1v) is 8.61. The van der Waals surface area contributed by atoms with Gasteiger partial charge in [-0.25, -0.2) is 0 Å². The minimum Gasteiger partial charge on any atom is -0.496 e. The maximum atomic E-state index is 10.7. The molecule has 1 aliphatic heterocycles. The van der Waals surface area contributed by atoms with Crippen LogP contribution < -0.4 is 9.47 Å². The van der Waals surface area contributed by atoms with E-state index >= 15 is 0 Å². The van der Waals surface area contributed by atoms with Gasteiger partial charge in [0.15, 0.2) is 5.82 Å². The molecule has 0 bridgehead atoms. The Balaban J connectivity index is 1.63. The van der Waals surface area contributed by atoms with Crippen LogP contribution >= 0.6 is 0 Å². The molecule has 0 spiro atoms. The van der Waals surface area contributed by atoms with E-state index in [-0.39, 0.29) is 6.04 Å². The SMILES string of the molecule is COc1ccc(OC)c2c1CN([C@@H](C)c1nc(C3CC3)no1)C[C@@H]2O. The predicted molar refractivity (Wildman–Crippen MR) is 89.6 cm³/mol. The molecule has 2 atom stereocenters. The summed E-state index contributed by atoms with van der Waals surface area (Å²) < 4.78 is 16.4. The molecule has 134 valence electrons. The summed E-state index contributed by atoms with van der Waals surface area (Å²) in [5.41, 5.74) is 1.74. The summed E-state index contributed by atoms with van der Waals surface area (Å²) in [6.07, 6.45) is 1.61. The van der Waals surface area contributed by atoms with Gasteiger partial charge in [0, 0.05) is 30.1 Å². The molecule has 25 heavy (non-hydrogen) atoms. The first-order valence-electron chi connectivity index (χ1n) is 8.61. The van der Waals surface area contributed by atoms with Gasteiger partial charge in [-0.2, -0.15) is 4.98 Å². The number of ether oxygens (including phenoxy) is 2. The summed E-state index contributed by atoms with van der Waals surface area (Å²) in [5.74, 6) is 3.29. The zero-order valence-corrected chi connectivity index (χ0v) is 14.7. The minimum atomic E-state index is -0.665. The first kappa shape index (κ1) is 16.4. The number of rotatable bonds is 5. The highest BCUT2D eigenvalue weighted by atomic mass is 16.5. The van der Waals surface area contributed by atoms with Gasteiger partial charge in [-0.15, -0.1) is 0 Å². The van der Waals surface area contributed by atoms with E-state index in [2.05, 4.69) is 15.0 Å². The van der Waals surface area contributed by atoms with Crippen LogP contribution in [-0.4, -0.2) is 40.9 Å². The molecule has 0 amide bonds. The largest absolute Gasteiger partial charge is 0.496 e. The third-order valence-corrected chi connectivity index (χ3v) is 5.12. The fraction of sp³-hybridized carbons (Fsp3) is 0.556. The molecule has 0 unspecified atom stereocenters. The van der Waals surface area contributed by atoms with Crippen LogP contribution in [0.25, 0.3) is 0 Å². The number of benzene rings is 1. The third kappa shape index (κ3) is 2.87. The smallest absolute Gasteiger partial charge is 0.243 e. The fourth-order valence-corrected chi connectivity index (χ4v) is 3.48. The molecule has 7 nitrogen and oxygen atoms in total. The molecule has 1 aromatic carbocycles. The standard InChI is InChI=1S/C18H23N3O4/c1-10(18-19-17(20-25-18)11-4-5-11)21-8-12-14(23-2)6-7-15(24-3)16(12)13(22)9-21/h6-7,10-11,13,22H,4-5,8-9H2,1-3H3/t10-,13-/m0/s1. The van der Waals surface area contributed by atoms with Crippen LogP contribution in [0.15, 0.2) is 16.7 Å². The van der Waals surface area contributed by atoms with Crippen LogP contribution in [0, 0.1) is 0 Å². The Kier molecular flexibility index (Phi) is 4.13. The van der Waals surface area contributed by atoms with Crippen LogP contribution in [0.4, 0.5) is 0 Å². The molecule has 0 radical (unpaired) electrons. The Hall–Kier alpha value is -2.12. The van der Waals surface area contributed by atoms with Gasteiger partial charge in [0.1, 0.15) is 11.5 Å². The number of β-amino-alcohol motifs (C(OH)–C–C–N with tert-alkyl or cyclic N) is 1. The van der Waals surface area contributed by atoms with Crippen molar-refractivity contribution >= 4 is 0 Å². The van der Waals surface area contributed by atoms with Gasteiger partial charge >= 0.3 is 0 Å². The van der Waals surface area contributed by atoms with Crippen molar-refractivity contribution in [2.45, 2.75) is 44.4 Å². The molecule has 1 saturated carbocycles. The zero-order valence-electron chi connectivity index (χ0n) is 14.7. The van der Waals surface area contributed by atoms with E-state index in [0.717, 1.165) is 35.5 Å². The van der Waals surface area contributed by atoms with Crippen LogP contribution in [0.5, 0.6) is 11.5 Å². The third-order valence-electron chi connectivity index (χ3n) is 5.12. The van der Waals surface area contributed by atoms with E-state index in [1.165, 1.54) is 0 Å². The highest BCUT2D eigenvalue weighted by Gasteiger charge is 2.35. The van der Waals surface area contributed by atoms with Gasteiger partial charge in [-0.1, -0.05) is 5.16 Å². The number of hydrogen-bond acceptors (Lipinski definition) is 7. The summed E-state index contributed by atoms with van der Waals surface area (Å²) in [4.78, 5) is 6.67. The summed E-state index contributed by atoms with van der Waals surface area (Å²) in [5, 5.41) is 14.8. The minimum absolute atomic E-state index is 0.0845. The van der Waals surface area contributed by atoms with Crippen LogP contribution in [0.1, 0.15) is 60.7 Å². The lowest BCUT2D eigenvalue weighted by Crippen LogP contribution is -2.36. The molecule has 1 N–H and O–H groups in total. The lowest BCUT2D eigenvalue weighted by atomic mass is 9.94. The second-order valence-corrected chi connectivity index (χ2v) is 6.75. The molecule has 1 fully saturated rings. The molecule has 7 heteroatoms. The maximum absolute atomic E-state index is 10.7. The Labute approximate surface area is 146 Å². The highest BCUT2D eigenvalue weighted by molar-refractivity contribution is 5.51. The van der Waals surface area contributed by atoms with E-state index in [0.29, 0.717) is 30.6 Å². The average molecular weight is 345 g/mol. The second-order valence-electron chi connectivity index (χ2n) is 6.75. The molecule has 2 aliphatic rings. The maximum Gasteiger partial charge on any atom is 0.243 e. The zero-order chi connectivity index (χ0) is 17.6. The molecule has 2 heterocycles. The van der Waals surface area contributed by atoms with E-state index in [9.17, 15) is 5.11 Å². The van der Waals surface area contributed by atoms with Gasteiger partial charge in [0.05, 0.1) is 26.4 Å². The van der Waals surface area contributed by atoms with Crippen molar-refractivity contribution in [3.8, 4) is 11.5 Å². The van der Waals surface area contributed by atoms with Crippen LogP contribution in [0.2, 0.25) is 0 Å². The molecular weight excluding hydrogens is 322 g/mol. The summed E-state index contributed by atoms with van der Waals surface area (Å²) in [7, 11) is 3.25. The quantitative estimate of drug-likeness (QED) is 0.892. The van der Waals surface area contributed by atoms with Crippen molar-refractivity contribution < 1.29 is 19.1 Å². The van der Waals surface area contributed by atoms with Crippen molar-refractivity contribution in [2.24, 2.45) is 0 Å². The molecular formula is C18H23N3O4. The number of hydrogen-bond donors (Lipinski definition) is 1. The van der Waals surface area contributed by atoms with Crippen molar-refractivity contribution in [3.63, 3.8) is 0 Å². The number of nitrogens with zero attached hydrogens (tertiary/aromatic N) is 3. The summed E-state index contributed by atoms with van der Waals surface area (Å²) in [6.45, 7) is 3.11. The van der Waals surface area contributed by atoms with E-state index in [4.69, 9.17) is 14.0 Å². The number of aromatic nitrogens is 2. The first-order chi connectivity index (χ1) is 12.1. The normalized spacial score (nSPS) is 21.7. The molecule has 4 rings (SSSR count). The van der Waals surface area contributed by atoms with Crippen molar-refractivity contribution in [2.75, 3.05) is 20.8 Å². The van der Waals surface area contributed by atoms with Gasteiger partial charge in [-0.3, -0.25) is 4.90 Å². The highest BCUT2D eigenvalue weighted by Crippen LogP contribution is 2.42. The Morgan fingerprint density at radius 2 is 1.96 bits per heavy atom.